The standard InChI is InChI=1S/C44H52N8O10/c1-5-30-41(58)51-21-10-13-31(51)42(59)50(4)33(23-26-15-17-28(45-3)18-16-26)43(60)52-22-19-29(53)24-32(52)38(55)49-36(27-11-7-6-8-12-27)44(61)62-25(2)35(39(56)47-30)48-40(57)37-34(54)14-9-20-46-37/h6-9,11-12,14-18,20,25,30-33,35-36,45,54H,5,10,13,19,21-24H2,1-4H3,(H,47,56)(H,48,57)(H,49,55)/t25-,30-,31+,32+,33?,35-,36+/m0/s1. The van der Waals surface area contributed by atoms with Crippen molar-refractivity contribution in [3.8, 4) is 5.75 Å². The average Bonchev–Trinajstić information content (AvgIpc) is 3.77. The van der Waals surface area contributed by atoms with E-state index in [9.17, 15) is 43.5 Å². The van der Waals surface area contributed by atoms with Gasteiger partial charge in [-0.2, -0.15) is 0 Å². The van der Waals surface area contributed by atoms with Crippen molar-refractivity contribution in [3.63, 3.8) is 0 Å². The number of benzene rings is 2. The predicted octanol–water partition coefficient (Wildman–Crippen LogP) is 1.25. The van der Waals surface area contributed by atoms with Crippen LogP contribution >= 0.6 is 0 Å². The second kappa shape index (κ2) is 19.7. The van der Waals surface area contributed by atoms with Crippen LogP contribution in [0, 0.1) is 0 Å². The van der Waals surface area contributed by atoms with Crippen LogP contribution in [0.5, 0.6) is 5.75 Å². The minimum absolute atomic E-state index is 0.0262. The molecule has 62 heavy (non-hydrogen) atoms. The Morgan fingerprint density at radius 3 is 2.26 bits per heavy atom. The number of aromatic nitrogens is 1. The molecule has 6 amide bonds. The predicted molar refractivity (Wildman–Crippen MR) is 223 cm³/mol. The molecule has 6 rings (SSSR count). The lowest BCUT2D eigenvalue weighted by atomic mass is 9.95. The van der Waals surface area contributed by atoms with E-state index in [1.54, 1.807) is 44.3 Å². The van der Waals surface area contributed by atoms with E-state index >= 15 is 0 Å². The Morgan fingerprint density at radius 1 is 0.871 bits per heavy atom. The number of hydrogen-bond donors (Lipinski definition) is 5. The second-order valence-corrected chi connectivity index (χ2v) is 15.6. The van der Waals surface area contributed by atoms with E-state index in [0.717, 1.165) is 5.69 Å². The fraction of sp³-hybridized carbons (Fsp3) is 0.432. The Morgan fingerprint density at radius 2 is 1.58 bits per heavy atom. The summed E-state index contributed by atoms with van der Waals surface area (Å²) < 4.78 is 5.84. The third-order valence-electron chi connectivity index (χ3n) is 11.6. The average molecular weight is 853 g/mol. The lowest BCUT2D eigenvalue weighted by Crippen LogP contribution is -2.61. The monoisotopic (exact) mass is 852 g/mol. The van der Waals surface area contributed by atoms with Crippen molar-refractivity contribution >= 4 is 52.9 Å². The summed E-state index contributed by atoms with van der Waals surface area (Å²) in [6.45, 7) is 3.01. The Hall–Kier alpha value is -6.85. The van der Waals surface area contributed by atoms with E-state index < -0.39 is 95.2 Å². The first-order valence-electron chi connectivity index (χ1n) is 20.7. The zero-order chi connectivity index (χ0) is 44.7. The van der Waals surface area contributed by atoms with Crippen LogP contribution < -0.4 is 21.3 Å². The van der Waals surface area contributed by atoms with Crippen LogP contribution in [-0.4, -0.2) is 135 Å². The molecule has 0 aliphatic carbocycles. The number of carbonyl (C=O) groups is 8. The smallest absolute Gasteiger partial charge is 0.333 e. The molecule has 18 heteroatoms. The first kappa shape index (κ1) is 44.7. The van der Waals surface area contributed by atoms with Gasteiger partial charge in [-0.25, -0.2) is 9.78 Å². The van der Waals surface area contributed by atoms with E-state index in [-0.39, 0.29) is 56.5 Å². The molecule has 4 heterocycles. The molecule has 3 aliphatic rings. The number of carbonyl (C=O) groups excluding carboxylic acids is 8. The molecule has 0 spiro atoms. The number of rotatable bonds is 7. The largest absolute Gasteiger partial charge is 0.505 e. The van der Waals surface area contributed by atoms with Gasteiger partial charge in [0, 0.05) is 58.3 Å². The van der Waals surface area contributed by atoms with Crippen LogP contribution in [0.3, 0.4) is 0 Å². The van der Waals surface area contributed by atoms with E-state index in [4.69, 9.17) is 4.74 Å². The number of pyridine rings is 1. The summed E-state index contributed by atoms with van der Waals surface area (Å²) in [7, 11) is 3.23. The van der Waals surface area contributed by atoms with Crippen LogP contribution in [0.15, 0.2) is 72.9 Å². The van der Waals surface area contributed by atoms with Crippen LogP contribution in [-0.2, 0) is 44.7 Å². The third kappa shape index (κ3) is 9.85. The normalized spacial score (nSPS) is 25.6. The molecule has 2 aromatic carbocycles. The Kier molecular flexibility index (Phi) is 14.2. The van der Waals surface area contributed by atoms with Crippen molar-refractivity contribution in [3.05, 3.63) is 89.7 Å². The van der Waals surface area contributed by atoms with E-state index in [1.807, 2.05) is 24.3 Å². The van der Waals surface area contributed by atoms with Gasteiger partial charge >= 0.3 is 5.97 Å². The van der Waals surface area contributed by atoms with Crippen molar-refractivity contribution in [1.29, 1.82) is 0 Å². The number of hydrogen-bond acceptors (Lipinski definition) is 12. The second-order valence-electron chi connectivity index (χ2n) is 15.6. The summed E-state index contributed by atoms with van der Waals surface area (Å²) in [4.78, 5) is 121. The van der Waals surface area contributed by atoms with Crippen molar-refractivity contribution in [2.75, 3.05) is 32.5 Å². The number of ketones is 1. The minimum atomic E-state index is -1.68. The molecule has 0 radical (unpaired) electrons. The number of Topliss-reactive ketones (excluding diaryl/α,β-unsaturated/α-hetero) is 1. The zero-order valence-corrected chi connectivity index (χ0v) is 35.0. The van der Waals surface area contributed by atoms with Crippen LogP contribution in [0.25, 0.3) is 0 Å². The highest BCUT2D eigenvalue weighted by Crippen LogP contribution is 2.27. The van der Waals surface area contributed by atoms with E-state index in [0.29, 0.717) is 12.0 Å². The van der Waals surface area contributed by atoms with Crippen LogP contribution in [0.1, 0.15) is 73.6 Å². The first-order valence-corrected chi connectivity index (χ1v) is 20.7. The molecule has 0 saturated carbocycles. The maximum Gasteiger partial charge on any atom is 0.333 e. The summed E-state index contributed by atoms with van der Waals surface area (Å²) >= 11 is 0. The molecule has 1 unspecified atom stereocenters. The zero-order valence-electron chi connectivity index (χ0n) is 35.0. The maximum atomic E-state index is 14.9. The number of amides is 6. The molecule has 3 aliphatic heterocycles. The maximum absolute atomic E-state index is 14.9. The number of ether oxygens (including phenoxy) is 1. The lowest BCUT2D eigenvalue weighted by Gasteiger charge is -2.40. The van der Waals surface area contributed by atoms with Crippen molar-refractivity contribution < 1.29 is 48.2 Å². The number of nitrogens with one attached hydrogen (secondary N) is 4. The third-order valence-corrected chi connectivity index (χ3v) is 11.6. The van der Waals surface area contributed by atoms with Gasteiger partial charge in [-0.15, -0.1) is 0 Å². The highest BCUT2D eigenvalue weighted by molar-refractivity contribution is 6.01. The molecular weight excluding hydrogens is 801 g/mol. The molecule has 18 nitrogen and oxygen atoms in total. The number of fused-ring (bicyclic) bond motifs is 2. The fourth-order valence-electron chi connectivity index (χ4n) is 8.07. The summed E-state index contributed by atoms with van der Waals surface area (Å²) in [6.07, 6.45) is 0.167. The van der Waals surface area contributed by atoms with Crippen molar-refractivity contribution in [2.24, 2.45) is 0 Å². The van der Waals surface area contributed by atoms with Gasteiger partial charge in [0.05, 0.1) is 0 Å². The number of nitrogens with zero attached hydrogens (tertiary/aromatic N) is 4. The number of esters is 1. The van der Waals surface area contributed by atoms with Crippen LogP contribution in [0.4, 0.5) is 5.69 Å². The molecule has 0 bridgehead atoms. The van der Waals surface area contributed by atoms with E-state index in [1.165, 1.54) is 47.0 Å². The summed E-state index contributed by atoms with van der Waals surface area (Å²) in [5.74, 6) is -6.34. The van der Waals surface area contributed by atoms with Gasteiger partial charge < -0.3 is 45.8 Å². The molecule has 3 saturated heterocycles. The number of likely N-dealkylation sites (N-methyl/N-ethyl adjacent to an activating group) is 1. The quantitative estimate of drug-likeness (QED) is 0.211. The Balaban J connectivity index is 1.43. The molecule has 7 atom stereocenters. The molecule has 1 aromatic heterocycles. The SMILES string of the molecule is CC[C@@H]1NC(=O)[C@@H](NC(=O)c2ncccc2O)[C@H](C)OC(=O)[C@@H](c2ccccc2)NC(=O)[C@H]2CC(=O)CCN2C(=O)C(Cc2ccc(NC)cc2)N(C)C(=O)[C@H]2CCCN2C1=O. The molecular formula is C44H52N8O10. The molecule has 3 fully saturated rings. The summed E-state index contributed by atoms with van der Waals surface area (Å²) in [5, 5.41) is 21.3. The number of aromatic hydroxyl groups is 1. The summed E-state index contributed by atoms with van der Waals surface area (Å²) in [6, 6.07) is 9.88. The first-order chi connectivity index (χ1) is 29.7. The minimum Gasteiger partial charge on any atom is -0.505 e. The van der Waals surface area contributed by atoms with Crippen molar-refractivity contribution in [2.45, 2.75) is 94.7 Å². The number of piperidine rings is 1. The molecule has 328 valence electrons. The van der Waals surface area contributed by atoms with Gasteiger partial charge in [-0.1, -0.05) is 49.4 Å². The summed E-state index contributed by atoms with van der Waals surface area (Å²) in [5.41, 5.74) is 1.35. The van der Waals surface area contributed by atoms with Gasteiger partial charge in [0.15, 0.2) is 11.7 Å². The van der Waals surface area contributed by atoms with Gasteiger partial charge in [-0.3, -0.25) is 33.6 Å². The topological polar surface area (TPSA) is 237 Å². The van der Waals surface area contributed by atoms with Gasteiger partial charge in [0.1, 0.15) is 47.8 Å². The molecule has 3 aromatic rings. The Bertz CT molecular complexity index is 2190. The Labute approximate surface area is 358 Å². The van der Waals surface area contributed by atoms with Gasteiger partial charge in [-0.05, 0) is 61.6 Å². The highest BCUT2D eigenvalue weighted by atomic mass is 16.5. The fourth-order valence-corrected chi connectivity index (χ4v) is 8.07. The van der Waals surface area contributed by atoms with Crippen molar-refractivity contribution in [1.82, 2.24) is 35.6 Å². The van der Waals surface area contributed by atoms with Gasteiger partial charge in [0.2, 0.25) is 29.5 Å². The number of cyclic esters (lactones) is 1. The van der Waals surface area contributed by atoms with Crippen LogP contribution in [0.2, 0.25) is 0 Å². The lowest BCUT2D eigenvalue weighted by molar-refractivity contribution is -0.156. The highest BCUT2D eigenvalue weighted by Gasteiger charge is 2.45. The number of anilines is 1. The van der Waals surface area contributed by atoms with E-state index in [2.05, 4.69) is 26.3 Å². The van der Waals surface area contributed by atoms with Gasteiger partial charge in [0.25, 0.3) is 5.91 Å². The molecule has 5 N–H and O–H groups in total.